The molecule has 41 heavy (non-hydrogen) atoms. The van der Waals surface area contributed by atoms with Gasteiger partial charge in [0.1, 0.15) is 5.69 Å². The Hall–Kier alpha value is -4.53. The van der Waals surface area contributed by atoms with Gasteiger partial charge < -0.3 is 5.32 Å². The molecule has 1 aromatic heterocycles. The van der Waals surface area contributed by atoms with Crippen LogP contribution in [-0.2, 0) is 29.4 Å². The van der Waals surface area contributed by atoms with Gasteiger partial charge in [0.05, 0.1) is 33.1 Å². The highest BCUT2D eigenvalue weighted by atomic mass is 32.2. The van der Waals surface area contributed by atoms with E-state index >= 15 is 0 Å². The highest BCUT2D eigenvalue weighted by molar-refractivity contribution is 7.92. The number of nitrogens with one attached hydrogen (secondary N) is 2. The number of sulfonamides is 1. The molecule has 0 saturated heterocycles. The molecule has 0 aliphatic rings. The minimum atomic E-state index is -5.10. The van der Waals surface area contributed by atoms with Gasteiger partial charge in [-0.15, -0.1) is 0 Å². The molecule has 0 aliphatic carbocycles. The van der Waals surface area contributed by atoms with Crippen molar-refractivity contribution in [1.29, 1.82) is 0 Å². The summed E-state index contributed by atoms with van der Waals surface area (Å²) in [4.78, 5) is 25.3. The number of benzene rings is 3. The summed E-state index contributed by atoms with van der Waals surface area (Å²) in [6.07, 6.45) is -10.1. The summed E-state index contributed by atoms with van der Waals surface area (Å²) < 4.78 is 111. The highest BCUT2D eigenvalue weighted by Crippen LogP contribution is 2.39. The zero-order valence-electron chi connectivity index (χ0n) is 21.1. The average molecular weight is 599 g/mol. The largest absolute Gasteiger partial charge is 0.418 e. The summed E-state index contributed by atoms with van der Waals surface area (Å²) in [5.41, 5.74) is -4.86. The lowest BCUT2D eigenvalue weighted by molar-refractivity contribution is -0.140. The van der Waals surface area contributed by atoms with Crippen molar-refractivity contribution in [1.82, 2.24) is 9.36 Å². The molecule has 0 radical (unpaired) electrons. The molecule has 1 amide bonds. The normalized spacial score (nSPS) is 12.3. The molecular weight excluding hydrogens is 578 g/mol. The number of nitrogens with zero attached hydrogens (tertiary/aromatic N) is 2. The molecule has 0 saturated carbocycles. The van der Waals surface area contributed by atoms with Crippen LogP contribution in [0.15, 0.2) is 82.5 Å². The molecule has 8 nitrogen and oxygen atoms in total. The van der Waals surface area contributed by atoms with Gasteiger partial charge in [0.25, 0.3) is 21.5 Å². The molecule has 216 valence electrons. The first-order valence-corrected chi connectivity index (χ1v) is 13.1. The quantitative estimate of drug-likeness (QED) is 0.283. The second kappa shape index (κ2) is 10.5. The van der Waals surface area contributed by atoms with E-state index in [1.54, 1.807) is 35.6 Å². The van der Waals surface area contributed by atoms with Gasteiger partial charge in [-0.3, -0.25) is 19.0 Å². The maximum absolute atomic E-state index is 13.4. The van der Waals surface area contributed by atoms with Crippen LogP contribution >= 0.6 is 0 Å². The topological polar surface area (TPSA) is 102 Å². The zero-order chi connectivity index (χ0) is 30.3. The van der Waals surface area contributed by atoms with Gasteiger partial charge in [-0.1, -0.05) is 24.3 Å². The van der Waals surface area contributed by atoms with E-state index in [0.717, 1.165) is 24.3 Å². The number of alkyl halides is 6. The lowest BCUT2D eigenvalue weighted by Gasteiger charge is -2.16. The fourth-order valence-corrected chi connectivity index (χ4v) is 5.11. The molecule has 0 atom stereocenters. The summed E-state index contributed by atoms with van der Waals surface area (Å²) in [6, 6.07) is 13.0. The standard InChI is InChI=1S/C26H20F6N4O4S/c1-15-22(24(38)36(35(15)2)18-8-4-3-5-9-18)34-41(39,40)19-10-6-7-16(13-19)23(37)33-21-14-17(25(27,28)29)11-12-20(21)26(30,31)32/h3-14,34H,1-2H3,(H,33,37). The van der Waals surface area contributed by atoms with E-state index in [9.17, 15) is 44.3 Å². The van der Waals surface area contributed by atoms with Gasteiger partial charge in [-0.25, -0.2) is 13.1 Å². The zero-order valence-corrected chi connectivity index (χ0v) is 21.9. The molecule has 4 aromatic rings. The summed E-state index contributed by atoms with van der Waals surface area (Å²) in [5, 5.41) is 1.79. The molecular formula is C26H20F6N4O4S. The van der Waals surface area contributed by atoms with E-state index < -0.39 is 61.1 Å². The van der Waals surface area contributed by atoms with Crippen LogP contribution in [0.5, 0.6) is 0 Å². The van der Waals surface area contributed by atoms with Crippen molar-refractivity contribution in [3.63, 3.8) is 0 Å². The maximum atomic E-state index is 13.4. The number of carbonyl (C=O) groups is 1. The molecule has 4 rings (SSSR count). The first kappa shape index (κ1) is 29.5. The molecule has 0 fully saturated rings. The third kappa shape index (κ3) is 5.99. The first-order chi connectivity index (χ1) is 19.0. The van der Waals surface area contributed by atoms with Crippen molar-refractivity contribution in [2.75, 3.05) is 10.0 Å². The summed E-state index contributed by atoms with van der Waals surface area (Å²) in [6.45, 7) is 1.50. The number of amides is 1. The lowest BCUT2D eigenvalue weighted by Crippen LogP contribution is -2.23. The minimum absolute atomic E-state index is 0.138. The smallest absolute Gasteiger partial charge is 0.321 e. The van der Waals surface area contributed by atoms with Crippen LogP contribution in [0.2, 0.25) is 0 Å². The highest BCUT2D eigenvalue weighted by Gasteiger charge is 2.37. The Balaban J connectivity index is 1.67. The van der Waals surface area contributed by atoms with E-state index in [1.807, 2.05) is 0 Å². The van der Waals surface area contributed by atoms with Crippen LogP contribution in [0.3, 0.4) is 0 Å². The number of carbonyl (C=O) groups excluding carboxylic acids is 1. The number of hydrogen-bond donors (Lipinski definition) is 2. The molecule has 15 heteroatoms. The van der Waals surface area contributed by atoms with Crippen LogP contribution in [-0.4, -0.2) is 23.7 Å². The Morgan fingerprint density at radius 3 is 2.12 bits per heavy atom. The van der Waals surface area contributed by atoms with E-state index in [1.165, 1.54) is 23.3 Å². The van der Waals surface area contributed by atoms with Crippen molar-refractivity contribution in [2.45, 2.75) is 24.2 Å². The minimum Gasteiger partial charge on any atom is -0.321 e. The molecule has 2 N–H and O–H groups in total. The predicted molar refractivity (Wildman–Crippen MR) is 137 cm³/mol. The molecule has 0 bridgehead atoms. The maximum Gasteiger partial charge on any atom is 0.418 e. The number of aromatic nitrogens is 2. The summed E-state index contributed by atoms with van der Waals surface area (Å²) >= 11 is 0. The van der Waals surface area contributed by atoms with Gasteiger partial charge in [0, 0.05) is 12.6 Å². The Labute approximate surface area is 228 Å². The second-order valence-corrected chi connectivity index (χ2v) is 10.5. The second-order valence-electron chi connectivity index (χ2n) is 8.78. The number of para-hydroxylation sites is 1. The number of hydrogen-bond acceptors (Lipinski definition) is 4. The van der Waals surface area contributed by atoms with Crippen LogP contribution in [0, 0.1) is 6.92 Å². The fourth-order valence-electron chi connectivity index (χ4n) is 3.95. The predicted octanol–water partition coefficient (Wildman–Crippen LogP) is 5.58. The van der Waals surface area contributed by atoms with Crippen LogP contribution in [0.1, 0.15) is 27.2 Å². The van der Waals surface area contributed by atoms with Crippen molar-refractivity contribution in [2.24, 2.45) is 7.05 Å². The van der Waals surface area contributed by atoms with Gasteiger partial charge in [-0.2, -0.15) is 26.3 Å². The SMILES string of the molecule is Cc1c(NS(=O)(=O)c2cccc(C(=O)Nc3cc(C(F)(F)F)ccc3C(F)(F)F)c2)c(=O)n(-c2ccccc2)n1C. The van der Waals surface area contributed by atoms with Crippen LogP contribution in [0.4, 0.5) is 37.7 Å². The van der Waals surface area contributed by atoms with E-state index in [2.05, 4.69) is 4.72 Å². The van der Waals surface area contributed by atoms with Gasteiger partial charge in [0.2, 0.25) is 0 Å². The summed E-state index contributed by atoms with van der Waals surface area (Å²) in [7, 11) is -2.98. The van der Waals surface area contributed by atoms with Crippen LogP contribution < -0.4 is 15.6 Å². The lowest BCUT2D eigenvalue weighted by atomic mass is 10.1. The number of rotatable bonds is 6. The van der Waals surface area contributed by atoms with Crippen molar-refractivity contribution in [3.8, 4) is 5.69 Å². The number of halogens is 6. The Morgan fingerprint density at radius 1 is 0.854 bits per heavy atom. The molecule has 0 aliphatic heterocycles. The Kier molecular flexibility index (Phi) is 7.52. The van der Waals surface area contributed by atoms with Crippen molar-refractivity contribution >= 4 is 27.3 Å². The van der Waals surface area contributed by atoms with E-state index in [4.69, 9.17) is 0 Å². The van der Waals surface area contributed by atoms with Gasteiger partial charge >= 0.3 is 12.4 Å². The third-order valence-corrected chi connectivity index (χ3v) is 7.45. The fraction of sp³-hybridized carbons (Fsp3) is 0.154. The monoisotopic (exact) mass is 598 g/mol. The van der Waals surface area contributed by atoms with Gasteiger partial charge in [0.15, 0.2) is 0 Å². The number of anilines is 2. The molecule has 3 aromatic carbocycles. The van der Waals surface area contributed by atoms with Gasteiger partial charge in [-0.05, 0) is 55.5 Å². The van der Waals surface area contributed by atoms with E-state index in [0.29, 0.717) is 5.69 Å². The first-order valence-electron chi connectivity index (χ1n) is 11.6. The molecule has 0 unspecified atom stereocenters. The average Bonchev–Trinajstić information content (AvgIpc) is 3.10. The van der Waals surface area contributed by atoms with Crippen LogP contribution in [0.25, 0.3) is 5.69 Å². The Morgan fingerprint density at radius 2 is 1.51 bits per heavy atom. The molecule has 0 spiro atoms. The van der Waals surface area contributed by atoms with Crippen molar-refractivity contribution in [3.05, 3.63) is 106 Å². The Bertz CT molecular complexity index is 1790. The third-order valence-electron chi connectivity index (χ3n) is 6.10. The van der Waals surface area contributed by atoms with E-state index in [-0.39, 0.29) is 29.6 Å². The molecule has 1 heterocycles. The van der Waals surface area contributed by atoms with Crippen molar-refractivity contribution < 1.29 is 39.6 Å². The summed E-state index contributed by atoms with van der Waals surface area (Å²) in [5.74, 6) is -1.30.